The molecule has 1 N–H and O–H groups in total. The molecule has 0 bridgehead atoms. The molecule has 19 heavy (non-hydrogen) atoms. The zero-order valence-electron chi connectivity index (χ0n) is 11.0. The molecular formula is C15H16IN3. The number of alkyl halides is 1. The number of fused-ring (bicyclic) bond motifs is 1. The van der Waals surface area contributed by atoms with Crippen LogP contribution in [0.3, 0.4) is 0 Å². The van der Waals surface area contributed by atoms with Crippen molar-refractivity contribution in [2.75, 3.05) is 30.9 Å². The van der Waals surface area contributed by atoms with Crippen molar-refractivity contribution >= 4 is 34.1 Å². The van der Waals surface area contributed by atoms with Gasteiger partial charge in [-0.2, -0.15) is 0 Å². The fourth-order valence-electron chi connectivity index (χ4n) is 2.27. The van der Waals surface area contributed by atoms with Crippen molar-refractivity contribution in [3.63, 3.8) is 0 Å². The summed E-state index contributed by atoms with van der Waals surface area (Å²) in [6, 6.07) is 10.8. The fraction of sp³-hybridized carbons (Fsp3) is 0.267. The van der Waals surface area contributed by atoms with E-state index in [0.29, 0.717) is 3.92 Å². The Kier molecular flexibility index (Phi) is 3.35. The molecular weight excluding hydrogens is 349 g/mol. The van der Waals surface area contributed by atoms with Crippen molar-refractivity contribution in [1.29, 1.82) is 0 Å². The van der Waals surface area contributed by atoms with Gasteiger partial charge < -0.3 is 10.2 Å². The minimum Gasteiger partial charge on any atom is -0.378 e. The molecule has 2 heterocycles. The Morgan fingerprint density at radius 1 is 1.21 bits per heavy atom. The van der Waals surface area contributed by atoms with Crippen molar-refractivity contribution in [3.05, 3.63) is 42.1 Å². The lowest BCUT2D eigenvalue weighted by molar-refractivity contribution is 1.11. The third kappa shape index (κ3) is 2.41. The number of nitrogens with one attached hydrogen (secondary N) is 1. The molecule has 2 aromatic rings. The first kappa shape index (κ1) is 12.7. The number of hydrogen-bond donors (Lipinski definition) is 1. The van der Waals surface area contributed by atoms with Gasteiger partial charge in [0.05, 0.1) is 3.92 Å². The third-order valence-corrected chi connectivity index (χ3v) is 4.53. The highest BCUT2D eigenvalue weighted by Crippen LogP contribution is 2.36. The predicted molar refractivity (Wildman–Crippen MR) is 89.3 cm³/mol. The zero-order chi connectivity index (χ0) is 13.4. The molecule has 1 aliphatic rings. The molecule has 1 aromatic heterocycles. The van der Waals surface area contributed by atoms with E-state index in [-0.39, 0.29) is 0 Å². The molecule has 0 fully saturated rings. The lowest BCUT2D eigenvalue weighted by Gasteiger charge is -2.13. The van der Waals surface area contributed by atoms with E-state index in [1.807, 2.05) is 6.20 Å². The van der Waals surface area contributed by atoms with Crippen molar-refractivity contribution in [2.24, 2.45) is 0 Å². The second-order valence-corrected chi connectivity index (χ2v) is 6.46. The maximum atomic E-state index is 4.52. The molecule has 0 spiro atoms. The van der Waals surface area contributed by atoms with Crippen LogP contribution in [-0.4, -0.2) is 25.6 Å². The molecule has 4 heteroatoms. The largest absolute Gasteiger partial charge is 0.378 e. The van der Waals surface area contributed by atoms with Gasteiger partial charge in [0.1, 0.15) is 5.82 Å². The summed E-state index contributed by atoms with van der Waals surface area (Å²) in [5, 5.41) is 3.33. The molecule has 0 aliphatic carbocycles. The highest BCUT2D eigenvalue weighted by molar-refractivity contribution is 14.1. The van der Waals surface area contributed by atoms with Gasteiger partial charge in [-0.3, -0.25) is 0 Å². The molecule has 3 rings (SSSR count). The highest BCUT2D eigenvalue weighted by Gasteiger charge is 2.20. The van der Waals surface area contributed by atoms with E-state index in [1.54, 1.807) is 0 Å². The summed E-state index contributed by atoms with van der Waals surface area (Å²) < 4.78 is 0.515. The van der Waals surface area contributed by atoms with Gasteiger partial charge in [0.15, 0.2) is 0 Å². The van der Waals surface area contributed by atoms with Crippen LogP contribution in [0, 0.1) is 0 Å². The lowest BCUT2D eigenvalue weighted by atomic mass is 10.0. The van der Waals surface area contributed by atoms with E-state index in [1.165, 1.54) is 22.4 Å². The first-order chi connectivity index (χ1) is 9.15. The summed E-state index contributed by atoms with van der Waals surface area (Å²) in [4.78, 5) is 6.62. The minimum atomic E-state index is 0.515. The summed E-state index contributed by atoms with van der Waals surface area (Å²) in [7, 11) is 4.11. The Morgan fingerprint density at radius 2 is 1.95 bits per heavy atom. The van der Waals surface area contributed by atoms with Crippen LogP contribution in [-0.2, 0) is 0 Å². The number of hydrogen-bond acceptors (Lipinski definition) is 3. The lowest BCUT2D eigenvalue weighted by Crippen LogP contribution is -2.07. The van der Waals surface area contributed by atoms with E-state index in [0.717, 1.165) is 12.4 Å². The van der Waals surface area contributed by atoms with Crippen LogP contribution in [0.1, 0.15) is 9.49 Å². The van der Waals surface area contributed by atoms with Crippen LogP contribution in [0.4, 0.5) is 11.5 Å². The normalized spacial score (nSPS) is 16.9. The van der Waals surface area contributed by atoms with Crippen molar-refractivity contribution in [2.45, 2.75) is 3.92 Å². The zero-order valence-corrected chi connectivity index (χ0v) is 13.2. The van der Waals surface area contributed by atoms with Gasteiger partial charge in [0.2, 0.25) is 0 Å². The number of aromatic nitrogens is 1. The van der Waals surface area contributed by atoms with E-state index in [9.17, 15) is 0 Å². The molecule has 1 atom stereocenters. The second-order valence-electron chi connectivity index (χ2n) is 4.95. The quantitative estimate of drug-likeness (QED) is 0.650. The SMILES string of the molecule is CN(C)c1ccc(-c2cnc3c(c2)C(I)CN3)cc1. The van der Waals surface area contributed by atoms with Crippen LogP contribution in [0.15, 0.2) is 36.5 Å². The summed E-state index contributed by atoms with van der Waals surface area (Å²) in [6.07, 6.45) is 1.95. The summed E-state index contributed by atoms with van der Waals surface area (Å²) >= 11 is 2.46. The summed E-state index contributed by atoms with van der Waals surface area (Å²) in [6.45, 7) is 0.978. The fourth-order valence-corrected chi connectivity index (χ4v) is 2.97. The van der Waals surface area contributed by atoms with Gasteiger partial charge in [-0.15, -0.1) is 0 Å². The van der Waals surface area contributed by atoms with Gasteiger partial charge in [0.25, 0.3) is 0 Å². The van der Waals surface area contributed by atoms with Crippen molar-refractivity contribution < 1.29 is 0 Å². The number of rotatable bonds is 2. The highest BCUT2D eigenvalue weighted by atomic mass is 127. The Balaban J connectivity index is 1.96. The second kappa shape index (κ2) is 5.00. The molecule has 1 aromatic carbocycles. The van der Waals surface area contributed by atoms with E-state index >= 15 is 0 Å². The molecule has 0 radical (unpaired) electrons. The Labute approximate surface area is 127 Å². The molecule has 1 aliphatic heterocycles. The van der Waals surface area contributed by atoms with Gasteiger partial charge in [0, 0.05) is 43.7 Å². The molecule has 3 nitrogen and oxygen atoms in total. The number of benzene rings is 1. The minimum absolute atomic E-state index is 0.515. The first-order valence-electron chi connectivity index (χ1n) is 6.31. The van der Waals surface area contributed by atoms with Crippen LogP contribution in [0.25, 0.3) is 11.1 Å². The van der Waals surface area contributed by atoms with Crippen LogP contribution in [0.5, 0.6) is 0 Å². The third-order valence-electron chi connectivity index (χ3n) is 3.42. The van der Waals surface area contributed by atoms with Crippen LogP contribution >= 0.6 is 22.6 Å². The number of halogens is 1. The summed E-state index contributed by atoms with van der Waals surface area (Å²) in [5.41, 5.74) is 4.94. The Bertz CT molecular complexity index is 593. The maximum Gasteiger partial charge on any atom is 0.130 e. The van der Waals surface area contributed by atoms with Crippen molar-refractivity contribution in [1.82, 2.24) is 4.98 Å². The topological polar surface area (TPSA) is 28.2 Å². The Morgan fingerprint density at radius 3 is 2.63 bits per heavy atom. The van der Waals surface area contributed by atoms with E-state index in [2.05, 4.69) is 82.2 Å². The van der Waals surface area contributed by atoms with Gasteiger partial charge in [-0.25, -0.2) is 4.98 Å². The monoisotopic (exact) mass is 365 g/mol. The van der Waals surface area contributed by atoms with E-state index < -0.39 is 0 Å². The molecule has 0 amide bonds. The summed E-state index contributed by atoms with van der Waals surface area (Å²) in [5.74, 6) is 1.04. The molecule has 98 valence electrons. The predicted octanol–water partition coefficient (Wildman–Crippen LogP) is 3.72. The molecule has 0 saturated carbocycles. The van der Waals surface area contributed by atoms with Gasteiger partial charge in [-0.1, -0.05) is 34.7 Å². The smallest absolute Gasteiger partial charge is 0.130 e. The average molecular weight is 365 g/mol. The Hall–Kier alpha value is -1.30. The van der Waals surface area contributed by atoms with Crippen LogP contribution < -0.4 is 10.2 Å². The maximum absolute atomic E-state index is 4.52. The number of nitrogens with zero attached hydrogens (tertiary/aromatic N) is 2. The van der Waals surface area contributed by atoms with Gasteiger partial charge >= 0.3 is 0 Å². The molecule has 1 unspecified atom stereocenters. The van der Waals surface area contributed by atoms with E-state index in [4.69, 9.17) is 0 Å². The molecule has 0 saturated heterocycles. The number of anilines is 2. The number of pyridine rings is 1. The standard InChI is InChI=1S/C15H16IN3/c1-19(2)12-5-3-10(4-6-12)11-7-13-14(16)9-18-15(13)17-8-11/h3-8,14H,9H2,1-2H3,(H,17,18). The first-order valence-corrected chi connectivity index (χ1v) is 7.55. The van der Waals surface area contributed by atoms with Gasteiger partial charge in [-0.05, 0) is 23.8 Å². The average Bonchev–Trinajstić information content (AvgIpc) is 2.80. The van der Waals surface area contributed by atoms with Crippen molar-refractivity contribution in [3.8, 4) is 11.1 Å². The van der Waals surface area contributed by atoms with Crippen LogP contribution in [0.2, 0.25) is 0 Å².